The highest BCUT2D eigenvalue weighted by Crippen LogP contribution is 2.38. The Bertz CT molecular complexity index is 417. The molecule has 1 aliphatic heterocycles. The van der Waals surface area contributed by atoms with E-state index in [0.29, 0.717) is 22.1 Å². The molecule has 2 N–H and O–H groups in total. The van der Waals surface area contributed by atoms with Gasteiger partial charge in [0.25, 0.3) is 0 Å². The average Bonchev–Trinajstić information content (AvgIpc) is 2.62. The molecule has 80 valence electrons. The zero-order chi connectivity index (χ0) is 11.0. The van der Waals surface area contributed by atoms with E-state index in [-0.39, 0.29) is 12.6 Å². The fourth-order valence-electron chi connectivity index (χ4n) is 1.40. The number of rotatable bonds is 2. The molecule has 0 radical (unpaired) electrons. The summed E-state index contributed by atoms with van der Waals surface area (Å²) < 4.78 is 10.3. The summed E-state index contributed by atoms with van der Waals surface area (Å²) in [6.45, 7) is 1.72. The van der Waals surface area contributed by atoms with Gasteiger partial charge in [-0.1, -0.05) is 11.6 Å². The monoisotopic (exact) mass is 227 g/mol. The molecule has 15 heavy (non-hydrogen) atoms. The largest absolute Gasteiger partial charge is 0.454 e. The smallest absolute Gasteiger partial charge is 0.231 e. The Kier molecular flexibility index (Phi) is 2.54. The number of ether oxygens (including phenoxy) is 2. The van der Waals surface area contributed by atoms with Crippen molar-refractivity contribution in [1.29, 1.82) is 0 Å². The second-order valence-corrected chi connectivity index (χ2v) is 3.78. The van der Waals surface area contributed by atoms with Crippen molar-refractivity contribution in [2.75, 3.05) is 6.79 Å². The van der Waals surface area contributed by atoms with Crippen molar-refractivity contribution in [2.45, 2.75) is 13.0 Å². The number of nitrogens with two attached hydrogens (primary N) is 1. The maximum atomic E-state index is 11.7. The van der Waals surface area contributed by atoms with E-state index in [4.69, 9.17) is 26.8 Å². The Morgan fingerprint density at radius 3 is 2.93 bits per heavy atom. The lowest BCUT2D eigenvalue weighted by Gasteiger charge is -2.07. The normalized spacial score (nSPS) is 15.1. The zero-order valence-corrected chi connectivity index (χ0v) is 8.88. The first-order chi connectivity index (χ1) is 7.09. The summed E-state index contributed by atoms with van der Waals surface area (Å²) in [5.74, 6) is 0.715. The second-order valence-electron chi connectivity index (χ2n) is 3.34. The van der Waals surface area contributed by atoms with Crippen molar-refractivity contribution < 1.29 is 14.3 Å². The number of Topliss-reactive ketones (excluding diaryl/α,β-unsaturated/α-hetero) is 1. The highest BCUT2D eigenvalue weighted by Gasteiger charge is 2.24. The van der Waals surface area contributed by atoms with Gasteiger partial charge < -0.3 is 15.2 Å². The van der Waals surface area contributed by atoms with Crippen LogP contribution in [0.15, 0.2) is 12.1 Å². The minimum atomic E-state index is -0.586. The second kappa shape index (κ2) is 3.72. The van der Waals surface area contributed by atoms with Gasteiger partial charge in [-0.15, -0.1) is 0 Å². The van der Waals surface area contributed by atoms with E-state index >= 15 is 0 Å². The molecule has 0 fully saturated rings. The van der Waals surface area contributed by atoms with E-state index < -0.39 is 6.04 Å². The third kappa shape index (κ3) is 1.78. The standard InChI is InChI=1S/C10H10ClNO3/c1-5(12)9(13)7-2-6(11)3-8-10(7)15-4-14-8/h2-3,5H,4,12H2,1H3. The fraction of sp³-hybridized carbons (Fsp3) is 0.300. The summed E-state index contributed by atoms with van der Waals surface area (Å²) in [6, 6.07) is 2.57. The zero-order valence-electron chi connectivity index (χ0n) is 8.12. The number of carbonyl (C=O) groups excluding carboxylic acids is 1. The molecule has 4 nitrogen and oxygen atoms in total. The van der Waals surface area contributed by atoms with Crippen LogP contribution in [0.1, 0.15) is 17.3 Å². The maximum Gasteiger partial charge on any atom is 0.231 e. The van der Waals surface area contributed by atoms with Gasteiger partial charge in [-0.2, -0.15) is 0 Å². The van der Waals surface area contributed by atoms with Gasteiger partial charge in [0.2, 0.25) is 6.79 Å². The molecule has 0 saturated heterocycles. The summed E-state index contributed by atoms with van der Waals surface area (Å²) >= 11 is 5.85. The minimum Gasteiger partial charge on any atom is -0.454 e. The van der Waals surface area contributed by atoms with Crippen LogP contribution in [0.5, 0.6) is 11.5 Å². The summed E-state index contributed by atoms with van der Waals surface area (Å²) in [7, 11) is 0. The molecule has 1 atom stereocenters. The van der Waals surface area contributed by atoms with Crippen molar-refractivity contribution >= 4 is 17.4 Å². The third-order valence-corrected chi connectivity index (χ3v) is 2.33. The Hall–Kier alpha value is -1.26. The minimum absolute atomic E-state index is 0.106. The Balaban J connectivity index is 2.51. The number of benzene rings is 1. The van der Waals surface area contributed by atoms with E-state index in [2.05, 4.69) is 0 Å². The predicted octanol–water partition coefficient (Wildman–Crippen LogP) is 1.60. The number of hydrogen-bond acceptors (Lipinski definition) is 4. The van der Waals surface area contributed by atoms with E-state index in [1.165, 1.54) is 0 Å². The van der Waals surface area contributed by atoms with E-state index in [0.717, 1.165) is 0 Å². The van der Waals surface area contributed by atoms with Gasteiger partial charge in [0.05, 0.1) is 11.6 Å². The quantitative estimate of drug-likeness (QED) is 0.780. The van der Waals surface area contributed by atoms with Crippen molar-refractivity contribution in [3.8, 4) is 11.5 Å². The van der Waals surface area contributed by atoms with Crippen LogP contribution in [0.2, 0.25) is 5.02 Å². The van der Waals surface area contributed by atoms with Crippen LogP contribution in [0.25, 0.3) is 0 Å². The number of carbonyl (C=O) groups is 1. The van der Waals surface area contributed by atoms with Crippen LogP contribution in [0, 0.1) is 0 Å². The molecule has 0 amide bonds. The molecule has 0 aliphatic carbocycles. The van der Waals surface area contributed by atoms with Gasteiger partial charge in [0.15, 0.2) is 17.3 Å². The molecule has 1 unspecified atom stereocenters. The lowest BCUT2D eigenvalue weighted by atomic mass is 10.0. The molecular formula is C10H10ClNO3. The number of ketones is 1. The van der Waals surface area contributed by atoms with Crippen molar-refractivity contribution in [1.82, 2.24) is 0 Å². The first-order valence-electron chi connectivity index (χ1n) is 4.48. The van der Waals surface area contributed by atoms with E-state index in [1.807, 2.05) is 0 Å². The Labute approximate surface area is 91.9 Å². The Morgan fingerprint density at radius 1 is 1.53 bits per heavy atom. The van der Waals surface area contributed by atoms with Crippen molar-refractivity contribution in [2.24, 2.45) is 5.73 Å². The fourth-order valence-corrected chi connectivity index (χ4v) is 1.61. The first kappa shape index (κ1) is 10.3. The molecule has 0 saturated carbocycles. The Morgan fingerprint density at radius 2 is 2.27 bits per heavy atom. The predicted molar refractivity (Wildman–Crippen MR) is 55.6 cm³/mol. The van der Waals surface area contributed by atoms with Gasteiger partial charge in [0.1, 0.15) is 0 Å². The van der Waals surface area contributed by atoms with Crippen LogP contribution < -0.4 is 15.2 Å². The van der Waals surface area contributed by atoms with Crippen LogP contribution in [0.3, 0.4) is 0 Å². The van der Waals surface area contributed by atoms with E-state index in [1.54, 1.807) is 19.1 Å². The third-order valence-electron chi connectivity index (χ3n) is 2.12. The van der Waals surface area contributed by atoms with Gasteiger partial charge in [-0.3, -0.25) is 4.79 Å². The lowest BCUT2D eigenvalue weighted by Crippen LogP contribution is -2.26. The van der Waals surface area contributed by atoms with Gasteiger partial charge in [-0.25, -0.2) is 0 Å². The van der Waals surface area contributed by atoms with Gasteiger partial charge in [-0.05, 0) is 13.0 Å². The highest BCUT2D eigenvalue weighted by atomic mass is 35.5. The summed E-state index contributed by atoms with van der Waals surface area (Å²) in [5.41, 5.74) is 5.90. The van der Waals surface area contributed by atoms with Crippen LogP contribution in [0.4, 0.5) is 0 Å². The van der Waals surface area contributed by atoms with Crippen LogP contribution in [-0.4, -0.2) is 18.6 Å². The van der Waals surface area contributed by atoms with Gasteiger partial charge >= 0.3 is 0 Å². The number of hydrogen-bond donors (Lipinski definition) is 1. The molecule has 2 rings (SSSR count). The van der Waals surface area contributed by atoms with Crippen molar-refractivity contribution in [3.63, 3.8) is 0 Å². The molecule has 0 aromatic heterocycles. The number of fused-ring (bicyclic) bond motifs is 1. The highest BCUT2D eigenvalue weighted by molar-refractivity contribution is 6.31. The molecule has 0 spiro atoms. The molecule has 5 heteroatoms. The maximum absolute atomic E-state index is 11.7. The number of halogens is 1. The lowest BCUT2D eigenvalue weighted by molar-refractivity contribution is 0.0963. The molecule has 0 bridgehead atoms. The van der Waals surface area contributed by atoms with Crippen molar-refractivity contribution in [3.05, 3.63) is 22.7 Å². The van der Waals surface area contributed by atoms with Crippen LogP contribution >= 0.6 is 11.6 Å². The van der Waals surface area contributed by atoms with Crippen LogP contribution in [-0.2, 0) is 0 Å². The van der Waals surface area contributed by atoms with Gasteiger partial charge in [0, 0.05) is 11.1 Å². The topological polar surface area (TPSA) is 61.6 Å². The SMILES string of the molecule is CC(N)C(=O)c1cc(Cl)cc2c1OCO2. The summed E-state index contributed by atoms with van der Waals surface area (Å²) in [5, 5.41) is 0.434. The molecule has 1 aliphatic rings. The first-order valence-corrected chi connectivity index (χ1v) is 4.86. The molecule has 1 aromatic rings. The molecular weight excluding hydrogens is 218 g/mol. The molecule has 1 heterocycles. The average molecular weight is 228 g/mol. The summed E-state index contributed by atoms with van der Waals surface area (Å²) in [6.07, 6.45) is 0. The molecule has 1 aromatic carbocycles. The van der Waals surface area contributed by atoms with E-state index in [9.17, 15) is 4.79 Å². The summed E-state index contributed by atoms with van der Waals surface area (Å²) in [4.78, 5) is 11.7.